The molecule has 1 fully saturated rings. The van der Waals surface area contributed by atoms with Gasteiger partial charge in [0.05, 0.1) is 22.1 Å². The van der Waals surface area contributed by atoms with E-state index in [9.17, 15) is 26.4 Å². The molecule has 162 valence electrons. The van der Waals surface area contributed by atoms with Gasteiger partial charge in [-0.05, 0) is 45.5 Å². The molecule has 12 heteroatoms. The number of ether oxygens (including phenoxy) is 1. The lowest BCUT2D eigenvalue weighted by Crippen LogP contribution is -2.46. The smallest absolute Gasteiger partial charge is 0.338 e. The number of carbonyl (C=O) groups excluding carboxylic acids is 2. The minimum Gasteiger partial charge on any atom is -0.449 e. The molecule has 1 aliphatic heterocycles. The van der Waals surface area contributed by atoms with Crippen LogP contribution in [-0.2, 0) is 29.4 Å². The molecular weight excluding hydrogens is 444 g/mol. The van der Waals surface area contributed by atoms with Crippen LogP contribution in [0, 0.1) is 0 Å². The molecule has 1 N–H and O–H groups in total. The van der Waals surface area contributed by atoms with Gasteiger partial charge in [0.2, 0.25) is 10.0 Å². The van der Waals surface area contributed by atoms with Crippen LogP contribution in [0.1, 0.15) is 30.6 Å². The molecule has 1 aromatic carbocycles. The molecule has 2 rings (SSSR count). The van der Waals surface area contributed by atoms with Crippen molar-refractivity contribution in [3.05, 3.63) is 28.8 Å². The highest BCUT2D eigenvalue weighted by Gasteiger charge is 2.36. The zero-order valence-electron chi connectivity index (χ0n) is 16.2. The summed E-state index contributed by atoms with van der Waals surface area (Å²) in [6.45, 7) is 3.37. The number of sulfone groups is 1. The van der Waals surface area contributed by atoms with Gasteiger partial charge in [-0.15, -0.1) is 0 Å². The number of likely N-dealkylation sites (N-methyl/N-ethyl adjacent to an activating group) is 1. The molecule has 1 heterocycles. The van der Waals surface area contributed by atoms with E-state index < -0.39 is 43.9 Å². The van der Waals surface area contributed by atoms with Crippen LogP contribution in [0.4, 0.5) is 0 Å². The van der Waals surface area contributed by atoms with Gasteiger partial charge < -0.3 is 9.64 Å². The van der Waals surface area contributed by atoms with E-state index in [1.54, 1.807) is 6.92 Å². The zero-order valence-corrected chi connectivity index (χ0v) is 18.6. The Morgan fingerprint density at radius 1 is 1.38 bits per heavy atom. The fourth-order valence-electron chi connectivity index (χ4n) is 3.07. The van der Waals surface area contributed by atoms with Gasteiger partial charge in [-0.2, -0.15) is 0 Å². The Balaban J connectivity index is 2.16. The lowest BCUT2D eigenvalue weighted by molar-refractivity contribution is -0.141. The van der Waals surface area contributed by atoms with Crippen LogP contribution in [0.15, 0.2) is 23.1 Å². The molecule has 1 saturated heterocycles. The Morgan fingerprint density at radius 3 is 2.55 bits per heavy atom. The predicted octanol–water partition coefficient (Wildman–Crippen LogP) is 0.829. The summed E-state index contributed by atoms with van der Waals surface area (Å²) in [4.78, 5) is 26.2. The summed E-state index contributed by atoms with van der Waals surface area (Å²) in [5.74, 6) is -1.51. The molecule has 0 unspecified atom stereocenters. The van der Waals surface area contributed by atoms with Crippen molar-refractivity contribution < 1.29 is 31.2 Å². The molecule has 0 spiro atoms. The molecule has 0 aliphatic carbocycles. The number of esters is 1. The molecule has 1 aliphatic rings. The molecule has 0 aromatic heterocycles. The van der Waals surface area contributed by atoms with Gasteiger partial charge in [0.25, 0.3) is 5.91 Å². The first-order chi connectivity index (χ1) is 13.4. The second kappa shape index (κ2) is 8.99. The first-order valence-electron chi connectivity index (χ1n) is 8.87. The molecule has 29 heavy (non-hydrogen) atoms. The molecule has 9 nitrogen and oxygen atoms in total. The summed E-state index contributed by atoms with van der Waals surface area (Å²) < 4.78 is 54.7. The summed E-state index contributed by atoms with van der Waals surface area (Å²) in [7, 11) is -5.86. The number of sulfonamides is 1. The Bertz CT molecular complexity index is 1010. The number of halogens is 1. The van der Waals surface area contributed by atoms with E-state index in [0.717, 1.165) is 6.07 Å². The summed E-state index contributed by atoms with van der Waals surface area (Å²) in [5.41, 5.74) is -0.0885. The van der Waals surface area contributed by atoms with E-state index in [0.29, 0.717) is 6.42 Å². The van der Waals surface area contributed by atoms with Crippen molar-refractivity contribution in [1.82, 2.24) is 9.62 Å². The van der Waals surface area contributed by atoms with Crippen LogP contribution in [0.2, 0.25) is 5.02 Å². The maximum absolute atomic E-state index is 12.7. The van der Waals surface area contributed by atoms with E-state index >= 15 is 0 Å². The molecule has 1 aromatic rings. The number of amides is 1. The third kappa shape index (κ3) is 5.47. The third-order valence-electron chi connectivity index (χ3n) is 4.63. The number of carbonyl (C=O) groups is 2. The molecule has 1 amide bonds. The average Bonchev–Trinajstić information content (AvgIpc) is 3.01. The Kier molecular flexibility index (Phi) is 7.31. The maximum Gasteiger partial charge on any atom is 0.338 e. The van der Waals surface area contributed by atoms with Crippen LogP contribution in [0.5, 0.6) is 0 Å². The van der Waals surface area contributed by atoms with E-state index in [4.69, 9.17) is 16.3 Å². The highest BCUT2D eigenvalue weighted by molar-refractivity contribution is 7.91. The number of rotatable bonds is 7. The van der Waals surface area contributed by atoms with Crippen LogP contribution in [0.3, 0.4) is 0 Å². The zero-order chi connectivity index (χ0) is 22.0. The SMILES string of the molecule is CCN(C(=O)[C@@H](C)OC(=O)c1ccc(Cl)c(S(=O)(=O)NC)c1)[C@@H]1CCS(=O)(=O)C1. The highest BCUT2D eigenvalue weighted by atomic mass is 35.5. The molecule has 0 bridgehead atoms. The summed E-state index contributed by atoms with van der Waals surface area (Å²) in [6.07, 6.45) is -0.837. The van der Waals surface area contributed by atoms with Crippen molar-refractivity contribution in [2.45, 2.75) is 37.3 Å². The van der Waals surface area contributed by atoms with Crippen molar-refractivity contribution in [2.24, 2.45) is 0 Å². The molecule has 0 radical (unpaired) electrons. The first kappa shape index (κ1) is 23.6. The van der Waals surface area contributed by atoms with E-state index in [1.807, 2.05) is 0 Å². The number of nitrogens with zero attached hydrogens (tertiary/aromatic N) is 1. The average molecular weight is 467 g/mol. The van der Waals surface area contributed by atoms with Gasteiger partial charge >= 0.3 is 5.97 Å². The van der Waals surface area contributed by atoms with Gasteiger partial charge in [0.1, 0.15) is 4.90 Å². The van der Waals surface area contributed by atoms with Crippen LogP contribution in [0.25, 0.3) is 0 Å². The summed E-state index contributed by atoms with van der Waals surface area (Å²) in [6, 6.07) is 3.14. The Hall–Kier alpha value is -1.69. The standard InChI is InChI=1S/C17H23ClN2O7S2/c1-4-20(13-7-8-28(23,24)10-13)16(21)11(2)27-17(22)12-5-6-14(18)15(9-12)29(25,26)19-3/h5-6,9,11,13,19H,4,7-8,10H2,1-3H3/t11-,13-/m1/s1. The van der Waals surface area contributed by atoms with Crippen molar-refractivity contribution in [1.29, 1.82) is 0 Å². The normalized spacial score (nSPS) is 19.5. The third-order valence-corrected chi connectivity index (χ3v) is 8.28. The second-order valence-corrected chi connectivity index (χ2v) is 11.1. The van der Waals surface area contributed by atoms with Crippen LogP contribution >= 0.6 is 11.6 Å². The molecule has 2 atom stereocenters. The second-order valence-electron chi connectivity index (χ2n) is 6.58. The van der Waals surface area contributed by atoms with Crippen molar-refractivity contribution >= 4 is 43.3 Å². The molecule has 0 saturated carbocycles. The monoisotopic (exact) mass is 466 g/mol. The van der Waals surface area contributed by atoms with Crippen molar-refractivity contribution in [2.75, 3.05) is 25.1 Å². The van der Waals surface area contributed by atoms with E-state index in [-0.39, 0.29) is 33.5 Å². The Morgan fingerprint density at radius 2 is 2.03 bits per heavy atom. The van der Waals surface area contributed by atoms with E-state index in [1.165, 1.54) is 31.0 Å². The number of hydrogen-bond acceptors (Lipinski definition) is 7. The van der Waals surface area contributed by atoms with Gasteiger partial charge in [-0.3, -0.25) is 4.79 Å². The lowest BCUT2D eigenvalue weighted by Gasteiger charge is -2.29. The quantitative estimate of drug-likeness (QED) is 0.589. The molecular formula is C17H23ClN2O7S2. The van der Waals surface area contributed by atoms with Gasteiger partial charge in [-0.25, -0.2) is 26.4 Å². The fraction of sp³-hybridized carbons (Fsp3) is 0.529. The lowest BCUT2D eigenvalue weighted by atomic mass is 10.2. The number of nitrogens with one attached hydrogen (secondary N) is 1. The highest BCUT2D eigenvalue weighted by Crippen LogP contribution is 2.23. The summed E-state index contributed by atoms with van der Waals surface area (Å²) >= 11 is 5.90. The first-order valence-corrected chi connectivity index (χ1v) is 12.5. The Labute approximate surface area is 175 Å². The minimum atomic E-state index is -3.89. The van der Waals surface area contributed by atoms with Crippen molar-refractivity contribution in [3.63, 3.8) is 0 Å². The van der Waals surface area contributed by atoms with Crippen molar-refractivity contribution in [3.8, 4) is 0 Å². The fourth-order valence-corrected chi connectivity index (χ4v) is 6.05. The van der Waals surface area contributed by atoms with Gasteiger partial charge in [0, 0.05) is 12.6 Å². The van der Waals surface area contributed by atoms with E-state index in [2.05, 4.69) is 4.72 Å². The topological polar surface area (TPSA) is 127 Å². The summed E-state index contributed by atoms with van der Waals surface area (Å²) in [5, 5.41) is -0.0698. The van der Waals surface area contributed by atoms with Crippen LogP contribution < -0.4 is 4.72 Å². The number of benzene rings is 1. The van der Waals surface area contributed by atoms with Gasteiger partial charge in [0.15, 0.2) is 15.9 Å². The largest absolute Gasteiger partial charge is 0.449 e. The number of hydrogen-bond donors (Lipinski definition) is 1. The van der Waals surface area contributed by atoms with Gasteiger partial charge in [-0.1, -0.05) is 11.6 Å². The maximum atomic E-state index is 12.7. The minimum absolute atomic E-state index is 0.0170. The van der Waals surface area contributed by atoms with Crippen LogP contribution in [-0.4, -0.2) is 70.9 Å². The predicted molar refractivity (Wildman–Crippen MR) is 107 cm³/mol.